The molecule has 110 valence electrons. The number of hydrogen-bond donors (Lipinski definition) is 0. The van der Waals surface area contributed by atoms with E-state index in [4.69, 9.17) is 19.7 Å². The van der Waals surface area contributed by atoms with Crippen LogP contribution in [-0.4, -0.2) is 25.3 Å². The second-order valence-corrected chi connectivity index (χ2v) is 4.58. The topological polar surface area (TPSA) is 93.5 Å². The Balaban J connectivity index is 2.23. The first-order chi connectivity index (χ1) is 10.3. The minimum absolute atomic E-state index is 0.133. The van der Waals surface area contributed by atoms with Crippen molar-refractivity contribution in [3.8, 4) is 0 Å². The van der Waals surface area contributed by atoms with Gasteiger partial charge < -0.3 is 14.2 Å². The number of rotatable bonds is 5. The first-order valence-corrected chi connectivity index (χ1v) is 6.98. The van der Waals surface area contributed by atoms with Gasteiger partial charge in [0.15, 0.2) is 12.4 Å². The minimum Gasteiger partial charge on any atom is -0.459 e. The van der Waals surface area contributed by atoms with Gasteiger partial charge in [0.05, 0.1) is 12.3 Å². The monoisotopic (exact) mass is 353 g/mol. The van der Waals surface area contributed by atoms with E-state index >= 15 is 0 Å². The normalized spacial score (nSPS) is 25.8. The van der Waals surface area contributed by atoms with Crippen molar-refractivity contribution in [2.24, 2.45) is 5.11 Å². The molecule has 7 nitrogen and oxygen atoms in total. The van der Waals surface area contributed by atoms with Gasteiger partial charge in [-0.2, -0.15) is 0 Å². The van der Waals surface area contributed by atoms with E-state index in [1.165, 1.54) is 4.99 Å². The molecule has 21 heavy (non-hydrogen) atoms. The zero-order valence-electron chi connectivity index (χ0n) is 10.8. The zero-order chi connectivity index (χ0) is 15.1. The molecular weight excluding hydrogens is 342 g/mol. The lowest BCUT2D eigenvalue weighted by Crippen LogP contribution is -2.42. The first-order valence-electron chi connectivity index (χ1n) is 6.06. The van der Waals surface area contributed by atoms with Gasteiger partial charge in [-0.25, -0.2) is 0 Å². The molecule has 1 fully saturated rings. The number of hydrogen-bond acceptors (Lipinski definition) is 5. The van der Waals surface area contributed by atoms with Gasteiger partial charge in [0, 0.05) is 10.5 Å². The van der Waals surface area contributed by atoms with E-state index in [0.29, 0.717) is 6.47 Å². The molecule has 0 spiro atoms. The van der Waals surface area contributed by atoms with Gasteiger partial charge in [-0.1, -0.05) is 51.4 Å². The standard InChI is InChI=1S/C13H12BrN3O4/c14-6-10(16-17-15)12-11(20-8-18)7-19-13(21-12)9-4-2-1-3-5-9/h1-6,8,11-13H,7H2/b10-6-/t11-,12+,13-/m1/s1. The molecule has 0 N–H and O–H groups in total. The molecule has 8 heteroatoms. The van der Waals surface area contributed by atoms with Crippen LogP contribution in [-0.2, 0) is 19.0 Å². The third-order valence-corrected chi connectivity index (χ3v) is 3.35. The van der Waals surface area contributed by atoms with Crippen LogP contribution in [0.1, 0.15) is 11.9 Å². The number of ether oxygens (including phenoxy) is 3. The van der Waals surface area contributed by atoms with Crippen LogP contribution in [0.25, 0.3) is 10.4 Å². The molecule has 0 saturated carbocycles. The second-order valence-electron chi connectivity index (χ2n) is 4.13. The molecule has 2 rings (SSSR count). The van der Waals surface area contributed by atoms with Gasteiger partial charge in [-0.05, 0) is 10.5 Å². The second kappa shape index (κ2) is 7.80. The van der Waals surface area contributed by atoms with Crippen LogP contribution in [0, 0.1) is 0 Å². The van der Waals surface area contributed by atoms with Gasteiger partial charge in [0.1, 0.15) is 6.10 Å². The molecule has 1 aromatic carbocycles. The smallest absolute Gasteiger partial charge is 0.293 e. The predicted molar refractivity (Wildman–Crippen MR) is 77.1 cm³/mol. The van der Waals surface area contributed by atoms with E-state index in [0.717, 1.165) is 5.56 Å². The van der Waals surface area contributed by atoms with E-state index in [1.54, 1.807) is 0 Å². The number of benzene rings is 1. The molecule has 3 atom stereocenters. The molecule has 0 unspecified atom stereocenters. The molecule has 0 aromatic heterocycles. The summed E-state index contributed by atoms with van der Waals surface area (Å²) in [6.45, 7) is 0.448. The van der Waals surface area contributed by atoms with Gasteiger partial charge in [0.2, 0.25) is 0 Å². The van der Waals surface area contributed by atoms with Crippen molar-refractivity contribution < 1.29 is 19.0 Å². The third-order valence-electron chi connectivity index (χ3n) is 2.89. The Morgan fingerprint density at radius 1 is 1.48 bits per heavy atom. The molecule has 1 saturated heterocycles. The number of halogens is 1. The lowest BCUT2D eigenvalue weighted by atomic mass is 10.1. The lowest BCUT2D eigenvalue weighted by molar-refractivity contribution is -0.250. The summed E-state index contributed by atoms with van der Waals surface area (Å²) in [5.41, 5.74) is 9.69. The van der Waals surface area contributed by atoms with E-state index < -0.39 is 18.5 Å². The quantitative estimate of drug-likeness (QED) is 0.351. The molecule has 0 amide bonds. The maximum Gasteiger partial charge on any atom is 0.293 e. The molecule has 0 radical (unpaired) electrons. The van der Waals surface area contributed by atoms with Crippen molar-refractivity contribution in [3.63, 3.8) is 0 Å². The van der Waals surface area contributed by atoms with Crippen molar-refractivity contribution in [3.05, 3.63) is 57.0 Å². The SMILES string of the molecule is [N-]=[N+]=N/C(=C\Br)[C@@H]1O[C@H](c2ccccc2)OC[C@H]1OC=O. The van der Waals surface area contributed by atoms with Crippen molar-refractivity contribution in [2.75, 3.05) is 6.61 Å². The predicted octanol–water partition coefficient (Wildman–Crippen LogP) is 3.19. The van der Waals surface area contributed by atoms with Crippen LogP contribution < -0.4 is 0 Å². The van der Waals surface area contributed by atoms with Gasteiger partial charge in [0.25, 0.3) is 6.47 Å². The highest BCUT2D eigenvalue weighted by atomic mass is 79.9. The van der Waals surface area contributed by atoms with E-state index in [-0.39, 0.29) is 12.3 Å². The Morgan fingerprint density at radius 2 is 2.24 bits per heavy atom. The molecule has 1 aliphatic heterocycles. The first kappa shape index (κ1) is 15.5. The number of azide groups is 1. The van der Waals surface area contributed by atoms with Crippen LogP contribution in [0.5, 0.6) is 0 Å². The van der Waals surface area contributed by atoms with E-state index in [1.807, 2.05) is 30.3 Å². The van der Waals surface area contributed by atoms with Crippen LogP contribution in [0.3, 0.4) is 0 Å². The molecule has 0 bridgehead atoms. The van der Waals surface area contributed by atoms with Gasteiger partial charge in [-0.3, -0.25) is 4.79 Å². The zero-order valence-corrected chi connectivity index (χ0v) is 12.4. The highest BCUT2D eigenvalue weighted by Gasteiger charge is 2.36. The Hall–Kier alpha value is -1.86. The fourth-order valence-corrected chi connectivity index (χ4v) is 2.30. The van der Waals surface area contributed by atoms with Crippen molar-refractivity contribution in [1.29, 1.82) is 0 Å². The highest BCUT2D eigenvalue weighted by molar-refractivity contribution is 9.11. The summed E-state index contributed by atoms with van der Waals surface area (Å²) in [5, 5.41) is 3.55. The average Bonchev–Trinajstić information content (AvgIpc) is 2.54. The Morgan fingerprint density at radius 3 is 2.86 bits per heavy atom. The summed E-state index contributed by atoms with van der Waals surface area (Å²) in [4.78, 5) is 14.7. The highest BCUT2D eigenvalue weighted by Crippen LogP contribution is 2.31. The van der Waals surface area contributed by atoms with Crippen molar-refractivity contribution >= 4 is 22.4 Å². The molecular formula is C13H12BrN3O4. The summed E-state index contributed by atoms with van der Waals surface area (Å²) in [6.07, 6.45) is -2.03. The Labute approximate surface area is 129 Å². The van der Waals surface area contributed by atoms with Crippen molar-refractivity contribution in [1.82, 2.24) is 0 Å². The van der Waals surface area contributed by atoms with Crippen LogP contribution in [0.2, 0.25) is 0 Å². The Kier molecular flexibility index (Phi) is 5.77. The van der Waals surface area contributed by atoms with Gasteiger partial charge in [-0.15, -0.1) is 0 Å². The largest absolute Gasteiger partial charge is 0.459 e. The van der Waals surface area contributed by atoms with Crippen LogP contribution in [0.15, 0.2) is 46.1 Å². The number of nitrogens with zero attached hydrogens (tertiary/aromatic N) is 3. The molecule has 1 aromatic rings. The maximum absolute atomic E-state index is 10.6. The number of carbonyl (C=O) groups excluding carboxylic acids is 1. The fraction of sp³-hybridized carbons (Fsp3) is 0.308. The molecule has 0 aliphatic carbocycles. The van der Waals surface area contributed by atoms with Crippen LogP contribution >= 0.6 is 15.9 Å². The van der Waals surface area contributed by atoms with E-state index in [2.05, 4.69) is 26.0 Å². The Bertz CT molecular complexity index is 560. The van der Waals surface area contributed by atoms with Crippen molar-refractivity contribution in [2.45, 2.75) is 18.5 Å². The van der Waals surface area contributed by atoms with Crippen LogP contribution in [0.4, 0.5) is 0 Å². The average molecular weight is 354 g/mol. The fourth-order valence-electron chi connectivity index (χ4n) is 1.95. The summed E-state index contributed by atoms with van der Waals surface area (Å²) in [6, 6.07) is 9.31. The van der Waals surface area contributed by atoms with Gasteiger partial charge >= 0.3 is 0 Å². The summed E-state index contributed by atoms with van der Waals surface area (Å²) in [7, 11) is 0. The maximum atomic E-state index is 10.6. The lowest BCUT2D eigenvalue weighted by Gasteiger charge is -2.35. The molecule has 1 aliphatic rings. The van der Waals surface area contributed by atoms with E-state index in [9.17, 15) is 4.79 Å². The summed E-state index contributed by atoms with van der Waals surface area (Å²) in [5.74, 6) is 0. The molecule has 1 heterocycles. The number of carbonyl (C=O) groups is 1. The third kappa shape index (κ3) is 3.83. The minimum atomic E-state index is -0.718. The summed E-state index contributed by atoms with van der Waals surface area (Å²) >= 11 is 3.12. The summed E-state index contributed by atoms with van der Waals surface area (Å²) < 4.78 is 16.3.